The predicted octanol–water partition coefficient (Wildman–Crippen LogP) is 4.34. The van der Waals surface area contributed by atoms with E-state index in [1.807, 2.05) is 45.0 Å². The molecule has 0 aliphatic heterocycles. The molecule has 2 aromatic rings. The van der Waals surface area contributed by atoms with E-state index in [1.54, 1.807) is 7.05 Å². The molecule has 4 nitrogen and oxygen atoms in total. The number of nitrogens with zero attached hydrogens (tertiary/aromatic N) is 1. The lowest BCUT2D eigenvalue weighted by Gasteiger charge is -2.16. The van der Waals surface area contributed by atoms with Crippen molar-refractivity contribution in [3.63, 3.8) is 0 Å². The number of hydrogen-bond acceptors (Lipinski definition) is 3. The molecule has 0 saturated carbocycles. The maximum atomic E-state index is 12.6. The summed E-state index contributed by atoms with van der Waals surface area (Å²) in [6, 6.07) is 7.89. The third-order valence-corrected chi connectivity index (χ3v) is 5.23. The largest absolute Gasteiger partial charge is 0.332 e. The second-order valence-electron chi connectivity index (χ2n) is 6.47. The number of carbonyl (C=O) groups is 2. The molecule has 1 heterocycles. The molecule has 0 fully saturated rings. The Morgan fingerprint density at radius 2 is 1.88 bits per heavy atom. The van der Waals surface area contributed by atoms with Crippen LogP contribution in [0.2, 0.25) is 0 Å². The Morgan fingerprint density at radius 3 is 2.56 bits per heavy atom. The number of likely N-dealkylation sites (N-methyl/N-ethyl adjacent to an activating group) is 1. The van der Waals surface area contributed by atoms with Crippen molar-refractivity contribution in [2.75, 3.05) is 18.9 Å². The van der Waals surface area contributed by atoms with Crippen LogP contribution in [0.1, 0.15) is 44.6 Å². The number of rotatable bonds is 6. The number of thiophene rings is 1. The Kier molecular flexibility index (Phi) is 6.37. The number of hydrogen-bond donors (Lipinski definition) is 1. The van der Waals surface area contributed by atoms with E-state index < -0.39 is 0 Å². The minimum Gasteiger partial charge on any atom is -0.332 e. The van der Waals surface area contributed by atoms with Crippen LogP contribution in [0, 0.1) is 20.8 Å². The Labute approximate surface area is 153 Å². The Hall–Kier alpha value is -2.14. The summed E-state index contributed by atoms with van der Waals surface area (Å²) < 4.78 is 0. The summed E-state index contributed by atoms with van der Waals surface area (Å²) in [7, 11) is 1.67. The summed E-state index contributed by atoms with van der Waals surface area (Å²) in [5, 5.41) is 2.90. The first-order chi connectivity index (χ1) is 11.8. The van der Waals surface area contributed by atoms with Gasteiger partial charge in [-0.05, 0) is 56.0 Å². The van der Waals surface area contributed by atoms with Gasteiger partial charge in [-0.1, -0.05) is 25.5 Å². The van der Waals surface area contributed by atoms with Gasteiger partial charge >= 0.3 is 0 Å². The molecule has 1 aromatic carbocycles. The van der Waals surface area contributed by atoms with Crippen molar-refractivity contribution in [2.45, 2.75) is 40.5 Å². The normalized spacial score (nSPS) is 10.6. The summed E-state index contributed by atoms with van der Waals surface area (Å²) >= 11 is 1.50. The molecule has 0 atom stereocenters. The van der Waals surface area contributed by atoms with Crippen LogP contribution in [0.5, 0.6) is 0 Å². The Bertz CT molecular complexity index is 780. The highest BCUT2D eigenvalue weighted by Gasteiger charge is 2.18. The van der Waals surface area contributed by atoms with E-state index in [0.717, 1.165) is 29.7 Å². The highest BCUT2D eigenvalue weighted by atomic mass is 32.1. The molecule has 2 amide bonds. The van der Waals surface area contributed by atoms with Gasteiger partial charge in [0.15, 0.2) is 0 Å². The topological polar surface area (TPSA) is 49.4 Å². The van der Waals surface area contributed by atoms with Crippen molar-refractivity contribution < 1.29 is 9.59 Å². The number of amides is 2. The predicted molar refractivity (Wildman–Crippen MR) is 105 cm³/mol. The van der Waals surface area contributed by atoms with Crippen molar-refractivity contribution >= 4 is 28.8 Å². The first-order valence-electron chi connectivity index (χ1n) is 8.53. The average molecular weight is 359 g/mol. The van der Waals surface area contributed by atoms with Crippen LogP contribution in [0.25, 0.3) is 0 Å². The summed E-state index contributed by atoms with van der Waals surface area (Å²) in [4.78, 5) is 28.2. The Balaban J connectivity index is 2.01. The molecular formula is C20H26N2O2S. The van der Waals surface area contributed by atoms with Crippen molar-refractivity contribution in [1.29, 1.82) is 0 Å². The summed E-state index contributed by atoms with van der Waals surface area (Å²) in [5.41, 5.74) is 4.11. The zero-order valence-electron chi connectivity index (χ0n) is 15.6. The lowest BCUT2D eigenvalue weighted by molar-refractivity contribution is -0.116. The molecule has 25 heavy (non-hydrogen) atoms. The molecule has 0 aliphatic carbocycles. The molecule has 0 aliphatic rings. The number of nitrogens with one attached hydrogen (secondary N) is 1. The molecule has 134 valence electrons. The number of carbonyl (C=O) groups excluding carboxylic acids is 2. The van der Waals surface area contributed by atoms with Crippen LogP contribution in [0.15, 0.2) is 24.3 Å². The number of aryl methyl sites for hydroxylation is 4. The zero-order valence-corrected chi connectivity index (χ0v) is 16.4. The van der Waals surface area contributed by atoms with Gasteiger partial charge in [0.05, 0.1) is 11.4 Å². The van der Waals surface area contributed by atoms with Crippen LogP contribution in [-0.2, 0) is 11.2 Å². The SMILES string of the molecule is CCCc1cc(C(=O)N(C)CC(=O)Nc2cc(C)ccc2C)sc1C. The molecule has 0 saturated heterocycles. The minimum absolute atomic E-state index is 0.0340. The lowest BCUT2D eigenvalue weighted by atomic mass is 10.1. The van der Waals surface area contributed by atoms with E-state index in [0.29, 0.717) is 4.88 Å². The first-order valence-corrected chi connectivity index (χ1v) is 9.35. The van der Waals surface area contributed by atoms with Gasteiger partial charge in [-0.15, -0.1) is 11.3 Å². The van der Waals surface area contributed by atoms with Crippen molar-refractivity contribution in [1.82, 2.24) is 4.90 Å². The first kappa shape index (κ1) is 19.2. The monoisotopic (exact) mass is 358 g/mol. The van der Waals surface area contributed by atoms with Crippen LogP contribution in [0.3, 0.4) is 0 Å². The van der Waals surface area contributed by atoms with Crippen molar-refractivity contribution in [3.05, 3.63) is 50.7 Å². The molecule has 1 N–H and O–H groups in total. The van der Waals surface area contributed by atoms with Gasteiger partial charge in [0.1, 0.15) is 0 Å². The van der Waals surface area contributed by atoms with Crippen LogP contribution in [0.4, 0.5) is 5.69 Å². The smallest absolute Gasteiger partial charge is 0.264 e. The molecular weight excluding hydrogens is 332 g/mol. The second-order valence-corrected chi connectivity index (χ2v) is 7.73. The van der Waals surface area contributed by atoms with Gasteiger partial charge in [0.25, 0.3) is 5.91 Å². The van der Waals surface area contributed by atoms with Crippen LogP contribution < -0.4 is 5.32 Å². The summed E-state index contributed by atoms with van der Waals surface area (Å²) in [6.07, 6.45) is 2.03. The van der Waals surface area contributed by atoms with Gasteiger partial charge < -0.3 is 10.2 Å². The number of anilines is 1. The number of benzene rings is 1. The van der Waals surface area contributed by atoms with E-state index in [9.17, 15) is 9.59 Å². The molecule has 0 radical (unpaired) electrons. The van der Waals surface area contributed by atoms with Crippen LogP contribution in [-0.4, -0.2) is 30.3 Å². The fourth-order valence-corrected chi connectivity index (χ4v) is 3.74. The highest BCUT2D eigenvalue weighted by molar-refractivity contribution is 7.14. The van der Waals surface area contributed by atoms with E-state index in [1.165, 1.54) is 26.7 Å². The lowest BCUT2D eigenvalue weighted by Crippen LogP contribution is -2.34. The maximum Gasteiger partial charge on any atom is 0.264 e. The van der Waals surface area contributed by atoms with Gasteiger partial charge in [-0.3, -0.25) is 9.59 Å². The van der Waals surface area contributed by atoms with Gasteiger partial charge in [-0.25, -0.2) is 0 Å². The standard InChI is InChI=1S/C20H26N2O2S/c1-6-7-16-11-18(25-15(16)4)20(24)22(5)12-19(23)21-17-10-13(2)8-9-14(17)3/h8-11H,6-7,12H2,1-5H3,(H,21,23). The molecule has 5 heteroatoms. The maximum absolute atomic E-state index is 12.6. The van der Waals surface area contributed by atoms with Crippen LogP contribution >= 0.6 is 11.3 Å². The zero-order chi connectivity index (χ0) is 18.6. The Morgan fingerprint density at radius 1 is 1.16 bits per heavy atom. The van der Waals surface area contributed by atoms with E-state index in [2.05, 4.69) is 12.2 Å². The molecule has 0 spiro atoms. The fraction of sp³-hybridized carbons (Fsp3) is 0.400. The minimum atomic E-state index is -0.188. The van der Waals surface area contributed by atoms with E-state index >= 15 is 0 Å². The molecule has 2 rings (SSSR count). The molecule has 1 aromatic heterocycles. The van der Waals surface area contributed by atoms with Gasteiger partial charge in [-0.2, -0.15) is 0 Å². The molecule has 0 unspecified atom stereocenters. The third-order valence-electron chi connectivity index (χ3n) is 4.15. The van der Waals surface area contributed by atoms with Gasteiger partial charge in [0, 0.05) is 17.6 Å². The van der Waals surface area contributed by atoms with E-state index in [-0.39, 0.29) is 18.4 Å². The third kappa shape index (κ3) is 4.92. The van der Waals surface area contributed by atoms with E-state index in [4.69, 9.17) is 0 Å². The quantitative estimate of drug-likeness (QED) is 0.835. The molecule has 0 bridgehead atoms. The summed E-state index contributed by atoms with van der Waals surface area (Å²) in [5.74, 6) is -0.293. The van der Waals surface area contributed by atoms with Gasteiger partial charge in [0.2, 0.25) is 5.91 Å². The second kappa shape index (κ2) is 8.30. The fourth-order valence-electron chi connectivity index (χ4n) is 2.68. The average Bonchev–Trinajstić information content (AvgIpc) is 2.91. The highest BCUT2D eigenvalue weighted by Crippen LogP contribution is 2.24. The van der Waals surface area contributed by atoms with Crippen molar-refractivity contribution in [3.8, 4) is 0 Å². The van der Waals surface area contributed by atoms with Crippen molar-refractivity contribution in [2.24, 2.45) is 0 Å². The summed E-state index contributed by atoms with van der Waals surface area (Å²) in [6.45, 7) is 8.14.